The van der Waals surface area contributed by atoms with E-state index >= 15 is 0 Å². The minimum absolute atomic E-state index is 0.00994. The Morgan fingerprint density at radius 2 is 1.83 bits per heavy atom. The van der Waals surface area contributed by atoms with E-state index in [4.69, 9.17) is 5.11 Å². The molecule has 2 aliphatic rings. The lowest BCUT2D eigenvalue weighted by atomic mass is 9.89. The van der Waals surface area contributed by atoms with Crippen LogP contribution in [0.5, 0.6) is 0 Å². The molecule has 0 saturated carbocycles. The fourth-order valence-electron chi connectivity index (χ4n) is 2.83. The molecule has 0 bridgehead atoms. The van der Waals surface area contributed by atoms with Crippen molar-refractivity contribution in [1.29, 1.82) is 0 Å². The first-order valence-electron chi connectivity index (χ1n) is 6.86. The van der Waals surface area contributed by atoms with Crippen LogP contribution < -0.4 is 5.32 Å². The molecule has 1 aromatic carbocycles. The van der Waals surface area contributed by atoms with Gasteiger partial charge in [0.15, 0.2) is 0 Å². The summed E-state index contributed by atoms with van der Waals surface area (Å²) in [6, 6.07) is 3.60. The molecule has 0 radical (unpaired) electrons. The highest BCUT2D eigenvalue weighted by molar-refractivity contribution is 6.24. The number of carbonyl (C=O) groups excluding carboxylic acids is 4. The number of nitrogens with zero attached hydrogens (tertiary/aromatic N) is 1. The Morgan fingerprint density at radius 3 is 2.43 bits per heavy atom. The van der Waals surface area contributed by atoms with Gasteiger partial charge >= 0.3 is 5.97 Å². The number of amides is 4. The van der Waals surface area contributed by atoms with Crippen molar-refractivity contribution in [3.05, 3.63) is 34.9 Å². The predicted molar refractivity (Wildman–Crippen MR) is 74.7 cm³/mol. The molecule has 1 atom stereocenters. The molecule has 1 saturated heterocycles. The molecule has 0 aliphatic carbocycles. The van der Waals surface area contributed by atoms with Gasteiger partial charge in [0.2, 0.25) is 5.91 Å². The van der Waals surface area contributed by atoms with Crippen molar-refractivity contribution in [1.82, 2.24) is 10.2 Å². The van der Waals surface area contributed by atoms with Crippen molar-refractivity contribution in [3.8, 4) is 0 Å². The quantitative estimate of drug-likeness (QED) is 0.751. The highest BCUT2D eigenvalue weighted by Gasteiger charge is 2.52. The second kappa shape index (κ2) is 4.73. The first-order chi connectivity index (χ1) is 10.8. The van der Waals surface area contributed by atoms with Crippen LogP contribution in [0.25, 0.3) is 0 Å². The van der Waals surface area contributed by atoms with E-state index in [-0.39, 0.29) is 29.5 Å². The lowest BCUT2D eigenvalue weighted by Crippen LogP contribution is -2.62. The monoisotopic (exact) mass is 316 g/mol. The number of benzene rings is 1. The van der Waals surface area contributed by atoms with Crippen molar-refractivity contribution in [2.75, 3.05) is 0 Å². The van der Waals surface area contributed by atoms with Gasteiger partial charge in [-0.1, -0.05) is 0 Å². The predicted octanol–water partition coefficient (Wildman–Crippen LogP) is 0.176. The van der Waals surface area contributed by atoms with Crippen molar-refractivity contribution in [2.24, 2.45) is 0 Å². The molecule has 0 unspecified atom stereocenters. The van der Waals surface area contributed by atoms with Crippen molar-refractivity contribution >= 4 is 29.6 Å². The highest BCUT2D eigenvalue weighted by Crippen LogP contribution is 2.34. The van der Waals surface area contributed by atoms with Crippen LogP contribution in [0, 0.1) is 0 Å². The van der Waals surface area contributed by atoms with Gasteiger partial charge in [0.25, 0.3) is 17.7 Å². The smallest absolute Gasteiger partial charge is 0.335 e. The Labute approximate surface area is 130 Å². The van der Waals surface area contributed by atoms with E-state index < -0.39 is 35.1 Å². The second-order valence-electron chi connectivity index (χ2n) is 5.66. The number of piperidine rings is 1. The number of hydrogen-bond acceptors (Lipinski definition) is 5. The maximum atomic E-state index is 12.6. The molecular formula is C15H12N2O6. The van der Waals surface area contributed by atoms with Gasteiger partial charge < -0.3 is 5.11 Å². The zero-order valence-corrected chi connectivity index (χ0v) is 12.1. The van der Waals surface area contributed by atoms with E-state index in [1.807, 2.05) is 0 Å². The zero-order valence-electron chi connectivity index (χ0n) is 12.1. The number of carboxylic acids is 1. The minimum Gasteiger partial charge on any atom is -0.478 e. The topological polar surface area (TPSA) is 121 Å². The number of carbonyl (C=O) groups is 5. The van der Waals surface area contributed by atoms with Crippen LogP contribution in [0.4, 0.5) is 0 Å². The van der Waals surface area contributed by atoms with Gasteiger partial charge in [0, 0.05) is 6.42 Å². The molecule has 3 rings (SSSR count). The van der Waals surface area contributed by atoms with Crippen LogP contribution in [0.1, 0.15) is 50.8 Å². The minimum atomic E-state index is -1.48. The molecular weight excluding hydrogens is 304 g/mol. The largest absolute Gasteiger partial charge is 0.478 e. The second-order valence-corrected chi connectivity index (χ2v) is 5.66. The lowest BCUT2D eigenvalue weighted by molar-refractivity contribution is -0.140. The van der Waals surface area contributed by atoms with Crippen LogP contribution in [-0.4, -0.2) is 45.1 Å². The number of fused-ring (bicyclic) bond motifs is 1. The van der Waals surface area contributed by atoms with Gasteiger partial charge in [-0.3, -0.25) is 29.4 Å². The summed E-state index contributed by atoms with van der Waals surface area (Å²) >= 11 is 0. The average Bonchev–Trinajstić information content (AvgIpc) is 2.75. The fourth-order valence-corrected chi connectivity index (χ4v) is 2.83. The third-order valence-electron chi connectivity index (χ3n) is 4.21. The normalized spacial score (nSPS) is 23.8. The number of carboxylic acid groups (broad SMARTS) is 1. The fraction of sp³-hybridized carbons (Fsp3) is 0.267. The van der Waals surface area contributed by atoms with E-state index in [1.54, 1.807) is 0 Å². The Bertz CT molecular complexity index is 799. The Morgan fingerprint density at radius 1 is 1.17 bits per heavy atom. The summed E-state index contributed by atoms with van der Waals surface area (Å²) in [4.78, 5) is 60.3. The van der Waals surface area contributed by atoms with E-state index in [0.717, 1.165) is 11.0 Å². The van der Waals surface area contributed by atoms with Gasteiger partial charge in [0.1, 0.15) is 5.54 Å². The Kier molecular flexibility index (Phi) is 3.06. The molecule has 118 valence electrons. The Hall–Kier alpha value is -3.03. The van der Waals surface area contributed by atoms with Crippen LogP contribution in [0.3, 0.4) is 0 Å². The van der Waals surface area contributed by atoms with Gasteiger partial charge in [-0.2, -0.15) is 0 Å². The number of nitrogens with one attached hydrogen (secondary N) is 1. The Balaban J connectivity index is 2.05. The van der Waals surface area contributed by atoms with E-state index in [1.165, 1.54) is 19.1 Å². The van der Waals surface area contributed by atoms with E-state index in [0.29, 0.717) is 0 Å². The number of aromatic carboxylic acids is 1. The molecule has 0 aromatic heterocycles. The van der Waals surface area contributed by atoms with Crippen molar-refractivity contribution < 1.29 is 29.1 Å². The molecule has 1 aromatic rings. The van der Waals surface area contributed by atoms with Crippen LogP contribution in [0.2, 0.25) is 0 Å². The van der Waals surface area contributed by atoms with Crippen LogP contribution in [0.15, 0.2) is 18.2 Å². The molecule has 1 fully saturated rings. The van der Waals surface area contributed by atoms with Crippen molar-refractivity contribution in [3.63, 3.8) is 0 Å². The van der Waals surface area contributed by atoms with Gasteiger partial charge in [0.05, 0.1) is 16.7 Å². The molecule has 0 spiro atoms. The standard InChI is InChI=1S/C15H12N2O6/c1-15(5-4-10(18)16-14(15)23)17-11(19)8-3-2-7(13(21)22)6-9(8)12(17)20/h2-3,6H,4-5H2,1H3,(H,21,22)(H,16,18,23)/t15-/m1/s1. The summed E-state index contributed by atoms with van der Waals surface area (Å²) in [5.41, 5.74) is -1.61. The average molecular weight is 316 g/mol. The first-order valence-corrected chi connectivity index (χ1v) is 6.86. The summed E-state index contributed by atoms with van der Waals surface area (Å²) < 4.78 is 0. The zero-order chi connectivity index (χ0) is 16.9. The molecule has 23 heavy (non-hydrogen) atoms. The molecule has 2 heterocycles. The third-order valence-corrected chi connectivity index (χ3v) is 4.21. The van der Waals surface area contributed by atoms with Crippen LogP contribution >= 0.6 is 0 Å². The summed E-state index contributed by atoms with van der Waals surface area (Å²) in [6.07, 6.45) is 0.0327. The molecule has 2 aliphatic heterocycles. The summed E-state index contributed by atoms with van der Waals surface area (Å²) in [5, 5.41) is 11.1. The SMILES string of the molecule is C[C@@]1(N2C(=O)c3ccc(C(=O)O)cc3C2=O)CCC(=O)NC1=O. The molecule has 8 heteroatoms. The number of imide groups is 2. The third kappa shape index (κ3) is 2.02. The first kappa shape index (κ1) is 14.9. The maximum absolute atomic E-state index is 12.6. The molecule has 8 nitrogen and oxygen atoms in total. The van der Waals surface area contributed by atoms with Crippen LogP contribution in [-0.2, 0) is 9.59 Å². The van der Waals surface area contributed by atoms with E-state index in [2.05, 4.69) is 5.32 Å². The number of rotatable bonds is 2. The highest BCUT2D eigenvalue weighted by atomic mass is 16.4. The van der Waals surface area contributed by atoms with Gasteiger partial charge in [-0.25, -0.2) is 4.79 Å². The lowest BCUT2D eigenvalue weighted by Gasteiger charge is -2.38. The molecule has 4 amide bonds. The summed E-state index contributed by atoms with van der Waals surface area (Å²) in [7, 11) is 0. The van der Waals surface area contributed by atoms with Gasteiger partial charge in [-0.05, 0) is 31.5 Å². The van der Waals surface area contributed by atoms with Crippen molar-refractivity contribution in [2.45, 2.75) is 25.3 Å². The summed E-state index contributed by atoms with van der Waals surface area (Å²) in [6.45, 7) is 1.41. The number of hydrogen-bond donors (Lipinski definition) is 2. The molecule has 2 N–H and O–H groups in total. The van der Waals surface area contributed by atoms with E-state index in [9.17, 15) is 24.0 Å². The van der Waals surface area contributed by atoms with Gasteiger partial charge in [-0.15, -0.1) is 0 Å². The maximum Gasteiger partial charge on any atom is 0.335 e. The summed E-state index contributed by atoms with van der Waals surface area (Å²) in [5.74, 6) is -3.81.